The molecule has 2 aromatic rings. The molecule has 2 rings (SSSR count). The first-order chi connectivity index (χ1) is 9.69. The molecule has 0 heterocycles. The predicted molar refractivity (Wildman–Crippen MR) is 80.2 cm³/mol. The first-order valence-electron chi connectivity index (χ1n) is 6.13. The molecule has 1 unspecified atom stereocenters. The third-order valence-corrected chi connectivity index (χ3v) is 3.34. The van der Waals surface area contributed by atoms with Gasteiger partial charge in [-0.15, -0.1) is 0 Å². The molecule has 20 heavy (non-hydrogen) atoms. The number of nitrogens with two attached hydrogens (primary N) is 1. The van der Waals surface area contributed by atoms with Crippen LogP contribution in [0.1, 0.15) is 17.2 Å². The first kappa shape index (κ1) is 14.7. The van der Waals surface area contributed by atoms with Crippen molar-refractivity contribution in [3.05, 3.63) is 58.6 Å². The Bertz CT molecular complexity index is 590. The van der Waals surface area contributed by atoms with Crippen LogP contribution in [0.2, 0.25) is 5.02 Å². The molecular formula is C15H17ClN2O2. The number of ether oxygens (including phenoxy) is 2. The van der Waals surface area contributed by atoms with E-state index >= 15 is 0 Å². The maximum absolute atomic E-state index is 6.03. The Morgan fingerprint density at radius 1 is 1.10 bits per heavy atom. The van der Waals surface area contributed by atoms with Crippen LogP contribution in [0.5, 0.6) is 11.5 Å². The number of hydrogen-bond acceptors (Lipinski definition) is 4. The summed E-state index contributed by atoms with van der Waals surface area (Å²) in [5, 5.41) is 0.662. The highest BCUT2D eigenvalue weighted by molar-refractivity contribution is 6.30. The summed E-state index contributed by atoms with van der Waals surface area (Å²) in [5.41, 5.74) is 4.67. The quantitative estimate of drug-likeness (QED) is 0.657. The van der Waals surface area contributed by atoms with Crippen molar-refractivity contribution in [1.29, 1.82) is 0 Å². The van der Waals surface area contributed by atoms with Crippen molar-refractivity contribution >= 4 is 11.6 Å². The van der Waals surface area contributed by atoms with E-state index in [-0.39, 0.29) is 6.04 Å². The lowest BCUT2D eigenvalue weighted by Crippen LogP contribution is -2.29. The maximum Gasteiger partial charge on any atom is 0.127 e. The van der Waals surface area contributed by atoms with Crippen molar-refractivity contribution in [1.82, 2.24) is 5.43 Å². The number of rotatable bonds is 5. The molecule has 4 nitrogen and oxygen atoms in total. The molecule has 0 amide bonds. The van der Waals surface area contributed by atoms with Crippen molar-refractivity contribution in [2.45, 2.75) is 6.04 Å². The van der Waals surface area contributed by atoms with Gasteiger partial charge in [0, 0.05) is 16.7 Å². The number of hydrogen-bond donors (Lipinski definition) is 2. The highest BCUT2D eigenvalue weighted by Gasteiger charge is 2.17. The Morgan fingerprint density at radius 2 is 1.90 bits per heavy atom. The Kier molecular flexibility index (Phi) is 4.84. The van der Waals surface area contributed by atoms with Gasteiger partial charge in [-0.25, -0.2) is 5.43 Å². The molecule has 0 aromatic heterocycles. The Hall–Kier alpha value is -1.75. The molecular weight excluding hydrogens is 276 g/mol. The van der Waals surface area contributed by atoms with Gasteiger partial charge in [-0.2, -0.15) is 0 Å². The van der Waals surface area contributed by atoms with Gasteiger partial charge in [0.1, 0.15) is 11.5 Å². The third kappa shape index (κ3) is 3.04. The minimum atomic E-state index is -0.213. The fourth-order valence-electron chi connectivity index (χ4n) is 2.11. The molecule has 0 bridgehead atoms. The van der Waals surface area contributed by atoms with Crippen molar-refractivity contribution in [3.63, 3.8) is 0 Å². The van der Waals surface area contributed by atoms with Gasteiger partial charge in [-0.3, -0.25) is 5.84 Å². The maximum atomic E-state index is 6.03. The zero-order chi connectivity index (χ0) is 14.5. The van der Waals surface area contributed by atoms with E-state index in [9.17, 15) is 0 Å². The smallest absolute Gasteiger partial charge is 0.127 e. The van der Waals surface area contributed by atoms with Crippen LogP contribution in [0.25, 0.3) is 0 Å². The topological polar surface area (TPSA) is 56.5 Å². The number of hydrazine groups is 1. The molecule has 1 atom stereocenters. The van der Waals surface area contributed by atoms with E-state index < -0.39 is 0 Å². The number of methoxy groups -OCH3 is 2. The van der Waals surface area contributed by atoms with Gasteiger partial charge in [0.2, 0.25) is 0 Å². The first-order valence-corrected chi connectivity index (χ1v) is 6.51. The van der Waals surface area contributed by atoms with Gasteiger partial charge < -0.3 is 9.47 Å². The lowest BCUT2D eigenvalue weighted by atomic mass is 9.98. The van der Waals surface area contributed by atoms with Gasteiger partial charge in [0.25, 0.3) is 0 Å². The van der Waals surface area contributed by atoms with Crippen LogP contribution in [-0.4, -0.2) is 14.2 Å². The summed E-state index contributed by atoms with van der Waals surface area (Å²) < 4.78 is 10.6. The number of nitrogens with one attached hydrogen (secondary N) is 1. The number of halogens is 1. The average Bonchev–Trinajstić information content (AvgIpc) is 2.48. The van der Waals surface area contributed by atoms with Crippen LogP contribution in [0.3, 0.4) is 0 Å². The fraction of sp³-hybridized carbons (Fsp3) is 0.200. The zero-order valence-electron chi connectivity index (χ0n) is 11.4. The minimum Gasteiger partial charge on any atom is -0.497 e. The Labute approximate surface area is 123 Å². The molecule has 0 aliphatic rings. The summed E-state index contributed by atoms with van der Waals surface area (Å²) in [6.45, 7) is 0. The van der Waals surface area contributed by atoms with Crippen molar-refractivity contribution < 1.29 is 9.47 Å². The summed E-state index contributed by atoms with van der Waals surface area (Å²) in [7, 11) is 3.23. The second-order valence-electron chi connectivity index (χ2n) is 4.26. The van der Waals surface area contributed by atoms with E-state index in [2.05, 4.69) is 5.43 Å². The third-order valence-electron chi connectivity index (χ3n) is 3.10. The fourth-order valence-corrected chi connectivity index (χ4v) is 2.31. The van der Waals surface area contributed by atoms with E-state index in [1.165, 1.54) is 0 Å². The van der Waals surface area contributed by atoms with Crippen LogP contribution in [0, 0.1) is 0 Å². The molecule has 3 N–H and O–H groups in total. The molecule has 0 fully saturated rings. The average molecular weight is 293 g/mol. The summed E-state index contributed by atoms with van der Waals surface area (Å²) in [4.78, 5) is 0. The van der Waals surface area contributed by atoms with E-state index in [0.717, 1.165) is 16.9 Å². The summed E-state index contributed by atoms with van der Waals surface area (Å²) in [6.07, 6.45) is 0. The Morgan fingerprint density at radius 3 is 2.50 bits per heavy atom. The second-order valence-corrected chi connectivity index (χ2v) is 4.70. The molecule has 0 saturated carbocycles. The SMILES string of the molecule is COc1ccc(C(NN)c2cccc(Cl)c2)c(OC)c1. The van der Waals surface area contributed by atoms with Gasteiger partial charge >= 0.3 is 0 Å². The second kappa shape index (κ2) is 6.61. The molecule has 0 spiro atoms. The van der Waals surface area contributed by atoms with Crippen molar-refractivity contribution in [2.75, 3.05) is 14.2 Å². The van der Waals surface area contributed by atoms with Gasteiger partial charge in [0.05, 0.1) is 20.3 Å². The standard InChI is InChI=1S/C15H17ClN2O2/c1-19-12-6-7-13(14(9-12)20-2)15(18-17)10-4-3-5-11(16)8-10/h3-9,15,18H,17H2,1-2H3. The molecule has 0 aliphatic heterocycles. The van der Waals surface area contributed by atoms with Gasteiger partial charge in [0.15, 0.2) is 0 Å². The van der Waals surface area contributed by atoms with Gasteiger partial charge in [-0.1, -0.05) is 23.7 Å². The van der Waals surface area contributed by atoms with E-state index in [1.807, 2.05) is 42.5 Å². The molecule has 2 aromatic carbocycles. The van der Waals surface area contributed by atoms with Crippen LogP contribution in [0.4, 0.5) is 0 Å². The Balaban J connectivity index is 2.46. The predicted octanol–water partition coefficient (Wildman–Crippen LogP) is 2.91. The molecule has 0 radical (unpaired) electrons. The van der Waals surface area contributed by atoms with Crippen LogP contribution >= 0.6 is 11.6 Å². The molecule has 5 heteroatoms. The monoisotopic (exact) mass is 292 g/mol. The summed E-state index contributed by atoms with van der Waals surface area (Å²) >= 11 is 6.03. The highest BCUT2D eigenvalue weighted by atomic mass is 35.5. The molecule has 0 aliphatic carbocycles. The normalized spacial score (nSPS) is 12.0. The van der Waals surface area contributed by atoms with Crippen LogP contribution < -0.4 is 20.7 Å². The number of benzene rings is 2. The largest absolute Gasteiger partial charge is 0.497 e. The zero-order valence-corrected chi connectivity index (χ0v) is 12.1. The minimum absolute atomic E-state index is 0.213. The van der Waals surface area contributed by atoms with Crippen LogP contribution in [0.15, 0.2) is 42.5 Å². The summed E-state index contributed by atoms with van der Waals surface area (Å²) in [6, 6.07) is 12.9. The van der Waals surface area contributed by atoms with E-state index in [0.29, 0.717) is 10.8 Å². The van der Waals surface area contributed by atoms with Crippen molar-refractivity contribution in [3.8, 4) is 11.5 Å². The van der Waals surface area contributed by atoms with Crippen LogP contribution in [-0.2, 0) is 0 Å². The lowest BCUT2D eigenvalue weighted by molar-refractivity contribution is 0.387. The lowest BCUT2D eigenvalue weighted by Gasteiger charge is -2.20. The van der Waals surface area contributed by atoms with Crippen molar-refractivity contribution in [2.24, 2.45) is 5.84 Å². The molecule has 0 saturated heterocycles. The highest BCUT2D eigenvalue weighted by Crippen LogP contribution is 2.33. The molecule has 106 valence electrons. The van der Waals surface area contributed by atoms with E-state index in [4.69, 9.17) is 26.9 Å². The summed E-state index contributed by atoms with van der Waals surface area (Å²) in [5.74, 6) is 7.13. The van der Waals surface area contributed by atoms with E-state index in [1.54, 1.807) is 14.2 Å². The van der Waals surface area contributed by atoms with Gasteiger partial charge in [-0.05, 0) is 29.8 Å².